The van der Waals surface area contributed by atoms with Crippen molar-refractivity contribution in [2.24, 2.45) is 7.05 Å². The summed E-state index contributed by atoms with van der Waals surface area (Å²) in [6.45, 7) is 0. The van der Waals surface area contributed by atoms with Crippen molar-refractivity contribution in [1.82, 2.24) is 4.31 Å². The third-order valence-corrected chi connectivity index (χ3v) is 3.49. The Bertz CT molecular complexity index is 398. The van der Waals surface area contributed by atoms with Crippen LogP contribution in [0.2, 0.25) is 0 Å². The van der Waals surface area contributed by atoms with E-state index < -0.39 is 10.0 Å². The number of hydrogen-bond acceptors (Lipinski definition) is 2. The molecule has 1 aromatic heterocycles. The summed E-state index contributed by atoms with van der Waals surface area (Å²) < 4.78 is 26.1. The molecule has 0 radical (unpaired) electrons. The number of pyridine rings is 1. The zero-order valence-corrected chi connectivity index (χ0v) is 8.75. The molecular formula is C8H13N2O2S+. The molecule has 1 heterocycles. The van der Waals surface area contributed by atoms with Crippen molar-refractivity contribution in [2.75, 3.05) is 14.1 Å². The Morgan fingerprint density at radius 2 is 2.00 bits per heavy atom. The van der Waals surface area contributed by atoms with Gasteiger partial charge in [0.05, 0.1) is 0 Å². The number of sulfonamides is 1. The first-order valence-electron chi connectivity index (χ1n) is 3.82. The molecule has 1 rings (SSSR count). The Kier molecular flexibility index (Phi) is 2.68. The van der Waals surface area contributed by atoms with E-state index in [1.165, 1.54) is 18.4 Å². The SMILES string of the molecule is CN(C)S(=O)(=O)c1ccc[n+](C)c1. The van der Waals surface area contributed by atoms with Gasteiger partial charge in [0.2, 0.25) is 10.0 Å². The third kappa shape index (κ3) is 2.05. The summed E-state index contributed by atoms with van der Waals surface area (Å²) in [6, 6.07) is 3.28. The molecule has 0 spiro atoms. The second kappa shape index (κ2) is 3.43. The minimum atomic E-state index is -3.29. The lowest BCUT2D eigenvalue weighted by molar-refractivity contribution is -0.673. The first-order valence-corrected chi connectivity index (χ1v) is 5.26. The molecule has 0 aliphatic carbocycles. The highest BCUT2D eigenvalue weighted by Gasteiger charge is 2.19. The molecule has 0 atom stereocenters. The van der Waals surface area contributed by atoms with Gasteiger partial charge in [0.25, 0.3) is 0 Å². The number of rotatable bonds is 2. The maximum absolute atomic E-state index is 11.6. The Hall–Kier alpha value is -0.940. The summed E-state index contributed by atoms with van der Waals surface area (Å²) in [5.41, 5.74) is 0. The van der Waals surface area contributed by atoms with Gasteiger partial charge in [-0.15, -0.1) is 0 Å². The minimum absolute atomic E-state index is 0.308. The van der Waals surface area contributed by atoms with Gasteiger partial charge in [-0.25, -0.2) is 17.3 Å². The van der Waals surface area contributed by atoms with Gasteiger partial charge in [0, 0.05) is 20.2 Å². The first-order chi connectivity index (χ1) is 5.94. The van der Waals surface area contributed by atoms with Crippen LogP contribution in [-0.4, -0.2) is 26.8 Å². The Morgan fingerprint density at radius 1 is 1.38 bits per heavy atom. The number of nitrogens with zero attached hydrogens (tertiary/aromatic N) is 2. The second-order valence-electron chi connectivity index (χ2n) is 2.99. The third-order valence-electron chi connectivity index (χ3n) is 1.69. The summed E-state index contributed by atoms with van der Waals surface area (Å²) >= 11 is 0. The molecule has 0 aliphatic rings. The molecule has 0 unspecified atom stereocenters. The Labute approximate surface area is 78.5 Å². The molecule has 0 aliphatic heterocycles. The second-order valence-corrected chi connectivity index (χ2v) is 5.14. The van der Waals surface area contributed by atoms with Crippen LogP contribution in [0, 0.1) is 0 Å². The number of aromatic nitrogens is 1. The summed E-state index contributed by atoms with van der Waals surface area (Å²) in [6.07, 6.45) is 3.37. The monoisotopic (exact) mass is 201 g/mol. The lowest BCUT2D eigenvalue weighted by atomic mass is 10.5. The largest absolute Gasteiger partial charge is 0.248 e. The zero-order chi connectivity index (χ0) is 10.1. The fourth-order valence-electron chi connectivity index (χ4n) is 0.924. The van der Waals surface area contributed by atoms with E-state index in [1.54, 1.807) is 36.1 Å². The summed E-state index contributed by atoms with van der Waals surface area (Å²) in [5.74, 6) is 0. The standard InChI is InChI=1S/C8H13N2O2S/c1-9(2)13(11,12)8-5-4-6-10(3)7-8/h4-7H,1-3H3/q+1. The van der Waals surface area contributed by atoms with Gasteiger partial charge >= 0.3 is 0 Å². The van der Waals surface area contributed by atoms with Crippen LogP contribution < -0.4 is 4.57 Å². The van der Waals surface area contributed by atoms with E-state index in [1.807, 2.05) is 0 Å². The van der Waals surface area contributed by atoms with Crippen LogP contribution in [0.25, 0.3) is 0 Å². The molecule has 1 aromatic rings. The van der Waals surface area contributed by atoms with E-state index in [0.717, 1.165) is 0 Å². The van der Waals surface area contributed by atoms with E-state index in [0.29, 0.717) is 4.90 Å². The molecule has 0 N–H and O–H groups in total. The Morgan fingerprint density at radius 3 is 2.46 bits per heavy atom. The van der Waals surface area contributed by atoms with Crippen molar-refractivity contribution >= 4 is 10.0 Å². The highest BCUT2D eigenvalue weighted by molar-refractivity contribution is 7.89. The smallest absolute Gasteiger partial charge is 0.207 e. The lowest BCUT2D eigenvalue weighted by Gasteiger charge is -2.09. The van der Waals surface area contributed by atoms with Crippen LogP contribution >= 0.6 is 0 Å². The molecule has 0 fully saturated rings. The zero-order valence-electron chi connectivity index (χ0n) is 7.93. The average molecular weight is 201 g/mol. The number of aryl methyl sites for hydroxylation is 1. The van der Waals surface area contributed by atoms with Crippen molar-refractivity contribution in [3.8, 4) is 0 Å². The molecule has 0 bridgehead atoms. The maximum atomic E-state index is 11.6. The molecular weight excluding hydrogens is 188 g/mol. The van der Waals surface area contributed by atoms with Gasteiger partial charge in [0.1, 0.15) is 11.9 Å². The van der Waals surface area contributed by atoms with Crippen LogP contribution in [0.4, 0.5) is 0 Å². The lowest BCUT2D eigenvalue weighted by Crippen LogP contribution is -2.30. The predicted molar refractivity (Wildman–Crippen MR) is 48.5 cm³/mol. The van der Waals surface area contributed by atoms with Gasteiger partial charge in [-0.05, 0) is 6.07 Å². The van der Waals surface area contributed by atoms with Crippen molar-refractivity contribution in [2.45, 2.75) is 4.90 Å². The number of hydrogen-bond donors (Lipinski definition) is 0. The van der Waals surface area contributed by atoms with Gasteiger partial charge < -0.3 is 0 Å². The summed E-state index contributed by atoms with van der Waals surface area (Å²) in [7, 11) is 1.53. The van der Waals surface area contributed by atoms with Gasteiger partial charge in [-0.1, -0.05) is 0 Å². The summed E-state index contributed by atoms with van der Waals surface area (Å²) in [4.78, 5) is 0.308. The van der Waals surface area contributed by atoms with Crippen LogP contribution in [0.15, 0.2) is 29.4 Å². The van der Waals surface area contributed by atoms with E-state index in [9.17, 15) is 8.42 Å². The van der Waals surface area contributed by atoms with Crippen molar-refractivity contribution < 1.29 is 13.0 Å². The molecule has 13 heavy (non-hydrogen) atoms. The first kappa shape index (κ1) is 10.1. The topological polar surface area (TPSA) is 41.3 Å². The van der Waals surface area contributed by atoms with E-state index >= 15 is 0 Å². The average Bonchev–Trinajstić information content (AvgIpc) is 2.04. The maximum Gasteiger partial charge on any atom is 0.248 e. The highest BCUT2D eigenvalue weighted by atomic mass is 32.2. The molecule has 0 amide bonds. The molecule has 0 saturated carbocycles. The van der Waals surface area contributed by atoms with Crippen molar-refractivity contribution in [3.63, 3.8) is 0 Å². The minimum Gasteiger partial charge on any atom is -0.207 e. The van der Waals surface area contributed by atoms with Crippen LogP contribution in [0.5, 0.6) is 0 Å². The molecule has 4 nitrogen and oxygen atoms in total. The van der Waals surface area contributed by atoms with Gasteiger partial charge in [0.15, 0.2) is 12.4 Å². The normalized spacial score (nSPS) is 12.0. The van der Waals surface area contributed by atoms with E-state index in [4.69, 9.17) is 0 Å². The molecule has 72 valence electrons. The fraction of sp³-hybridized carbons (Fsp3) is 0.375. The van der Waals surface area contributed by atoms with Crippen LogP contribution in [-0.2, 0) is 17.1 Å². The fourth-order valence-corrected chi connectivity index (χ4v) is 1.90. The molecule has 0 saturated heterocycles. The highest BCUT2D eigenvalue weighted by Crippen LogP contribution is 2.08. The summed E-state index contributed by atoms with van der Waals surface area (Å²) in [5, 5.41) is 0. The van der Waals surface area contributed by atoms with Crippen molar-refractivity contribution in [3.05, 3.63) is 24.5 Å². The van der Waals surface area contributed by atoms with E-state index in [2.05, 4.69) is 0 Å². The molecule has 5 heteroatoms. The Balaban J connectivity index is 3.24. The van der Waals surface area contributed by atoms with Crippen LogP contribution in [0.3, 0.4) is 0 Å². The van der Waals surface area contributed by atoms with Crippen molar-refractivity contribution in [1.29, 1.82) is 0 Å². The molecule has 0 aromatic carbocycles. The quantitative estimate of drug-likeness (QED) is 0.620. The predicted octanol–water partition coefficient (Wildman–Crippen LogP) is -0.239. The van der Waals surface area contributed by atoms with Gasteiger partial charge in [-0.2, -0.15) is 0 Å². The van der Waals surface area contributed by atoms with E-state index in [-0.39, 0.29) is 0 Å². The van der Waals surface area contributed by atoms with Crippen LogP contribution in [0.1, 0.15) is 0 Å². The van der Waals surface area contributed by atoms with Gasteiger partial charge in [-0.3, -0.25) is 0 Å².